The van der Waals surface area contributed by atoms with Gasteiger partial charge in [-0.1, -0.05) is 23.2 Å². The fraction of sp³-hybridized carbons (Fsp3) is 0.571. The van der Waals surface area contributed by atoms with Crippen LogP contribution in [0.2, 0.25) is 10.0 Å². The minimum atomic E-state index is -0.548. The van der Waals surface area contributed by atoms with E-state index in [1.54, 1.807) is 0 Å². The number of nitro benzene ring substituents is 1. The Labute approximate surface area is 142 Å². The number of nitro groups is 1. The van der Waals surface area contributed by atoms with E-state index in [1.165, 1.54) is 12.1 Å². The molecule has 23 heavy (non-hydrogen) atoms. The third kappa shape index (κ3) is 3.70. The van der Waals surface area contributed by atoms with Crippen molar-refractivity contribution in [3.8, 4) is 0 Å². The summed E-state index contributed by atoms with van der Waals surface area (Å²) in [7, 11) is 0. The number of benzene rings is 1. The zero-order chi connectivity index (χ0) is 16.4. The summed E-state index contributed by atoms with van der Waals surface area (Å²) in [4.78, 5) is 10.2. The van der Waals surface area contributed by atoms with E-state index in [0.717, 1.165) is 0 Å². The number of rotatable bonds is 4. The summed E-state index contributed by atoms with van der Waals surface area (Å²) >= 11 is 12.1. The highest BCUT2D eigenvalue weighted by atomic mass is 35.5. The number of hydrogen-bond acceptors (Lipinski definition) is 6. The number of anilines is 1. The van der Waals surface area contributed by atoms with Crippen molar-refractivity contribution in [2.45, 2.75) is 24.7 Å². The average molecular weight is 363 g/mol. The molecular formula is C14H16Cl2N2O5. The predicted molar refractivity (Wildman–Crippen MR) is 85.2 cm³/mol. The minimum absolute atomic E-state index is 0.143. The van der Waals surface area contributed by atoms with E-state index in [9.17, 15) is 10.1 Å². The Morgan fingerprint density at radius 1 is 1.30 bits per heavy atom. The van der Waals surface area contributed by atoms with Crippen molar-refractivity contribution in [2.24, 2.45) is 0 Å². The Balaban J connectivity index is 1.62. The second kappa shape index (κ2) is 6.78. The number of nitrogens with zero attached hydrogens (tertiary/aromatic N) is 1. The largest absolute Gasteiger partial charge is 0.381 e. The number of nitrogens with one attached hydrogen (secondary N) is 1. The van der Waals surface area contributed by atoms with Gasteiger partial charge < -0.3 is 19.5 Å². The molecule has 9 heteroatoms. The van der Waals surface area contributed by atoms with Crippen LogP contribution in [-0.4, -0.2) is 43.2 Å². The van der Waals surface area contributed by atoms with Gasteiger partial charge in [0, 0.05) is 31.5 Å². The van der Waals surface area contributed by atoms with E-state index in [-0.39, 0.29) is 21.8 Å². The molecule has 2 aliphatic rings. The zero-order valence-electron chi connectivity index (χ0n) is 12.2. The van der Waals surface area contributed by atoms with E-state index in [4.69, 9.17) is 37.4 Å². The van der Waals surface area contributed by atoms with Crippen LogP contribution >= 0.6 is 23.2 Å². The maximum Gasteiger partial charge on any atom is 0.272 e. The molecule has 126 valence electrons. The van der Waals surface area contributed by atoms with Crippen molar-refractivity contribution in [2.75, 3.05) is 31.7 Å². The molecule has 1 aromatic carbocycles. The van der Waals surface area contributed by atoms with Crippen LogP contribution in [0.5, 0.6) is 0 Å². The molecule has 3 rings (SSSR count). The lowest BCUT2D eigenvalue weighted by atomic mass is 10.1. The highest BCUT2D eigenvalue weighted by molar-refractivity contribution is 6.39. The minimum Gasteiger partial charge on any atom is -0.381 e. The molecule has 0 saturated carbocycles. The van der Waals surface area contributed by atoms with Crippen molar-refractivity contribution in [1.29, 1.82) is 0 Å². The Hall–Kier alpha value is -1.12. The molecule has 7 nitrogen and oxygen atoms in total. The Morgan fingerprint density at radius 2 is 1.96 bits per heavy atom. The molecule has 2 saturated heterocycles. The molecule has 1 N–H and O–H groups in total. The van der Waals surface area contributed by atoms with Crippen molar-refractivity contribution < 1.29 is 19.1 Å². The number of ether oxygens (including phenoxy) is 3. The van der Waals surface area contributed by atoms with Crippen LogP contribution in [0.15, 0.2) is 12.1 Å². The molecule has 1 atom stereocenters. The molecule has 0 aliphatic carbocycles. The molecule has 1 aromatic rings. The van der Waals surface area contributed by atoms with Gasteiger partial charge in [0.05, 0.1) is 40.5 Å². The van der Waals surface area contributed by atoms with Gasteiger partial charge in [-0.3, -0.25) is 10.1 Å². The fourth-order valence-electron chi connectivity index (χ4n) is 2.71. The first-order chi connectivity index (χ1) is 11.0. The van der Waals surface area contributed by atoms with Gasteiger partial charge in [-0.2, -0.15) is 0 Å². The molecule has 1 spiro atoms. The highest BCUT2D eigenvalue weighted by Crippen LogP contribution is 2.36. The Kier molecular flexibility index (Phi) is 4.93. The zero-order valence-corrected chi connectivity index (χ0v) is 13.7. The van der Waals surface area contributed by atoms with Crippen LogP contribution in [0.25, 0.3) is 0 Å². The van der Waals surface area contributed by atoms with E-state index < -0.39 is 10.7 Å². The van der Waals surface area contributed by atoms with Gasteiger partial charge >= 0.3 is 0 Å². The lowest BCUT2D eigenvalue weighted by Gasteiger charge is -2.31. The van der Waals surface area contributed by atoms with Crippen LogP contribution < -0.4 is 5.32 Å². The van der Waals surface area contributed by atoms with Crippen molar-refractivity contribution in [1.82, 2.24) is 0 Å². The monoisotopic (exact) mass is 362 g/mol. The summed E-state index contributed by atoms with van der Waals surface area (Å²) < 4.78 is 17.1. The van der Waals surface area contributed by atoms with E-state index in [1.807, 2.05) is 0 Å². The summed E-state index contributed by atoms with van der Waals surface area (Å²) in [5.41, 5.74) is 0.308. The maximum absolute atomic E-state index is 10.8. The third-order valence-electron chi connectivity index (χ3n) is 3.91. The van der Waals surface area contributed by atoms with Gasteiger partial charge in [0.25, 0.3) is 5.69 Å². The molecule has 0 bridgehead atoms. The second-order valence-corrected chi connectivity index (χ2v) is 6.31. The van der Waals surface area contributed by atoms with Crippen molar-refractivity contribution >= 4 is 34.6 Å². The SMILES string of the molecule is O=[N+]([O-])c1cc(Cl)c(NC[C@H]2COC3(CCOCC3)O2)c(Cl)c1. The quantitative estimate of drug-likeness (QED) is 0.653. The number of hydrogen-bond donors (Lipinski definition) is 1. The highest BCUT2D eigenvalue weighted by Gasteiger charge is 2.42. The van der Waals surface area contributed by atoms with Gasteiger partial charge in [0.15, 0.2) is 5.79 Å². The normalized spacial score (nSPS) is 23.1. The summed E-state index contributed by atoms with van der Waals surface area (Å²) in [6.07, 6.45) is 1.28. The molecule has 0 unspecified atom stereocenters. The Bertz CT molecular complexity index is 584. The molecule has 0 aromatic heterocycles. The Morgan fingerprint density at radius 3 is 2.57 bits per heavy atom. The van der Waals surface area contributed by atoms with Crippen LogP contribution in [0.3, 0.4) is 0 Å². The van der Waals surface area contributed by atoms with Gasteiger partial charge in [-0.25, -0.2) is 0 Å². The summed E-state index contributed by atoms with van der Waals surface area (Å²) in [5, 5.41) is 14.3. The topological polar surface area (TPSA) is 82.9 Å². The summed E-state index contributed by atoms with van der Waals surface area (Å²) in [6, 6.07) is 2.53. The smallest absolute Gasteiger partial charge is 0.272 e. The van der Waals surface area contributed by atoms with Gasteiger partial charge in [0.2, 0.25) is 0 Å². The molecule has 2 heterocycles. The van der Waals surface area contributed by atoms with Crippen LogP contribution in [-0.2, 0) is 14.2 Å². The first-order valence-corrected chi connectivity index (χ1v) is 8.01. The molecular weight excluding hydrogens is 347 g/mol. The first kappa shape index (κ1) is 16.7. The van der Waals surface area contributed by atoms with Crippen molar-refractivity contribution in [3.63, 3.8) is 0 Å². The average Bonchev–Trinajstić information content (AvgIpc) is 2.89. The van der Waals surface area contributed by atoms with Crippen molar-refractivity contribution in [3.05, 3.63) is 32.3 Å². The van der Waals surface area contributed by atoms with Crippen LogP contribution in [0.4, 0.5) is 11.4 Å². The van der Waals surface area contributed by atoms with E-state index in [0.29, 0.717) is 44.9 Å². The lowest BCUT2D eigenvalue weighted by molar-refractivity contribution is -0.384. The second-order valence-electron chi connectivity index (χ2n) is 5.50. The molecule has 2 fully saturated rings. The molecule has 0 amide bonds. The van der Waals surface area contributed by atoms with Gasteiger partial charge in [-0.05, 0) is 0 Å². The first-order valence-electron chi connectivity index (χ1n) is 7.26. The standard InChI is InChI=1S/C14H16Cl2N2O5/c15-11-5-9(18(19)20)6-12(16)13(11)17-7-10-8-22-14(23-10)1-3-21-4-2-14/h5-6,10,17H,1-4,7-8H2/t10-/m0/s1. The van der Waals surface area contributed by atoms with Gasteiger partial charge in [-0.15, -0.1) is 0 Å². The summed E-state index contributed by atoms with van der Waals surface area (Å²) in [5.74, 6) is -0.548. The molecule has 2 aliphatic heterocycles. The van der Waals surface area contributed by atoms with E-state index >= 15 is 0 Å². The number of non-ortho nitro benzene ring substituents is 1. The third-order valence-corrected chi connectivity index (χ3v) is 4.51. The summed E-state index contributed by atoms with van der Waals surface area (Å²) in [6.45, 7) is 2.16. The fourth-order valence-corrected chi connectivity index (χ4v) is 3.32. The molecule has 0 radical (unpaired) electrons. The van der Waals surface area contributed by atoms with Gasteiger partial charge in [0.1, 0.15) is 6.10 Å². The van der Waals surface area contributed by atoms with Crippen LogP contribution in [0, 0.1) is 10.1 Å². The number of halogens is 2. The maximum atomic E-state index is 10.8. The lowest BCUT2D eigenvalue weighted by Crippen LogP contribution is -2.38. The predicted octanol–water partition coefficient (Wildman–Crippen LogP) is 3.24. The van der Waals surface area contributed by atoms with Crippen LogP contribution in [0.1, 0.15) is 12.8 Å². The van der Waals surface area contributed by atoms with E-state index in [2.05, 4.69) is 5.32 Å².